The average molecular weight is 313 g/mol. The highest BCUT2D eigenvalue weighted by atomic mass is 16.5. The van der Waals surface area contributed by atoms with Crippen LogP contribution in [0, 0.1) is 0 Å². The first-order valence-corrected chi connectivity index (χ1v) is 8.25. The van der Waals surface area contributed by atoms with Gasteiger partial charge in [0.25, 0.3) is 0 Å². The second-order valence-electron chi connectivity index (χ2n) is 6.19. The van der Waals surface area contributed by atoms with E-state index in [0.29, 0.717) is 12.6 Å². The molecule has 0 saturated heterocycles. The molecule has 1 aliphatic carbocycles. The molecule has 122 valence electrons. The lowest BCUT2D eigenvalue weighted by Crippen LogP contribution is -2.41. The van der Waals surface area contributed by atoms with E-state index in [9.17, 15) is 9.90 Å². The quantitative estimate of drug-likeness (QED) is 0.757. The zero-order valence-corrected chi connectivity index (χ0v) is 13.4. The van der Waals surface area contributed by atoms with Gasteiger partial charge in [0.05, 0.1) is 6.61 Å². The van der Waals surface area contributed by atoms with Crippen molar-refractivity contribution in [1.82, 2.24) is 4.90 Å². The van der Waals surface area contributed by atoms with Gasteiger partial charge in [-0.05, 0) is 49.1 Å². The molecule has 0 amide bonds. The number of hydrogen-bond donors (Lipinski definition) is 1. The van der Waals surface area contributed by atoms with E-state index in [1.165, 1.54) is 10.8 Å². The third-order valence-electron chi connectivity index (χ3n) is 4.42. The highest BCUT2D eigenvalue weighted by molar-refractivity contribution is 5.83. The fraction of sp³-hybridized carbons (Fsp3) is 0.421. The van der Waals surface area contributed by atoms with E-state index in [2.05, 4.69) is 23.1 Å². The summed E-state index contributed by atoms with van der Waals surface area (Å²) >= 11 is 0. The number of fused-ring (bicyclic) bond motifs is 1. The van der Waals surface area contributed by atoms with Gasteiger partial charge in [-0.25, -0.2) is 0 Å². The van der Waals surface area contributed by atoms with Crippen LogP contribution in [0.1, 0.15) is 26.2 Å². The van der Waals surface area contributed by atoms with Gasteiger partial charge < -0.3 is 9.84 Å². The highest BCUT2D eigenvalue weighted by Gasteiger charge is 2.34. The molecule has 0 spiro atoms. The molecule has 0 radical (unpaired) electrons. The van der Waals surface area contributed by atoms with E-state index in [4.69, 9.17) is 4.74 Å². The van der Waals surface area contributed by atoms with Crippen molar-refractivity contribution in [2.75, 3.05) is 13.2 Å². The van der Waals surface area contributed by atoms with Gasteiger partial charge in [0, 0.05) is 12.6 Å². The Bertz CT molecular complexity index is 681. The maximum Gasteiger partial charge on any atom is 0.320 e. The minimum atomic E-state index is -0.743. The summed E-state index contributed by atoms with van der Waals surface area (Å²) in [7, 11) is 0. The largest absolute Gasteiger partial charge is 0.494 e. The number of hydrogen-bond acceptors (Lipinski definition) is 3. The second kappa shape index (κ2) is 7.01. The van der Waals surface area contributed by atoms with Crippen LogP contribution < -0.4 is 4.74 Å². The van der Waals surface area contributed by atoms with Crippen molar-refractivity contribution in [3.63, 3.8) is 0 Å². The van der Waals surface area contributed by atoms with Crippen LogP contribution in [0.15, 0.2) is 42.5 Å². The summed E-state index contributed by atoms with van der Waals surface area (Å²) < 4.78 is 5.83. The number of nitrogens with zero attached hydrogens (tertiary/aromatic N) is 1. The Morgan fingerprint density at radius 1 is 1.26 bits per heavy atom. The van der Waals surface area contributed by atoms with Crippen LogP contribution in [0.3, 0.4) is 0 Å². The molecule has 1 saturated carbocycles. The molecule has 0 bridgehead atoms. The average Bonchev–Trinajstić information content (AvgIpc) is 3.39. The summed E-state index contributed by atoms with van der Waals surface area (Å²) in [5.74, 6) is 0.125. The van der Waals surface area contributed by atoms with Crippen molar-refractivity contribution in [1.29, 1.82) is 0 Å². The summed E-state index contributed by atoms with van der Waals surface area (Å²) in [4.78, 5) is 13.3. The van der Waals surface area contributed by atoms with Crippen molar-refractivity contribution >= 4 is 16.7 Å². The summed E-state index contributed by atoms with van der Waals surface area (Å²) in [6.45, 7) is 3.14. The number of ether oxygens (including phenoxy) is 1. The van der Waals surface area contributed by atoms with Crippen LogP contribution in [0.5, 0.6) is 5.75 Å². The molecule has 1 unspecified atom stereocenters. The van der Waals surface area contributed by atoms with Crippen molar-refractivity contribution in [2.45, 2.75) is 38.3 Å². The SMILES string of the molecule is CC(C(=O)O)N(CCCOc1ccc2ccccc2c1)C1CC1. The molecule has 4 heteroatoms. The maximum atomic E-state index is 11.2. The molecule has 0 aliphatic heterocycles. The van der Waals surface area contributed by atoms with Crippen LogP contribution in [0.25, 0.3) is 10.8 Å². The first-order chi connectivity index (χ1) is 11.1. The monoisotopic (exact) mass is 313 g/mol. The smallest absolute Gasteiger partial charge is 0.320 e. The fourth-order valence-electron chi connectivity index (χ4n) is 2.93. The molecule has 2 aromatic carbocycles. The summed E-state index contributed by atoms with van der Waals surface area (Å²) in [5.41, 5.74) is 0. The number of carbonyl (C=O) groups is 1. The van der Waals surface area contributed by atoms with Crippen LogP contribution in [0.4, 0.5) is 0 Å². The standard InChI is InChI=1S/C19H23NO3/c1-14(19(21)22)20(17-8-9-17)11-4-12-23-18-10-7-15-5-2-3-6-16(15)13-18/h2-3,5-7,10,13-14,17H,4,8-9,11-12H2,1H3,(H,21,22). The minimum Gasteiger partial charge on any atom is -0.494 e. The first kappa shape index (κ1) is 15.8. The normalized spacial score (nSPS) is 15.7. The Morgan fingerprint density at radius 3 is 2.70 bits per heavy atom. The van der Waals surface area contributed by atoms with Crippen LogP contribution >= 0.6 is 0 Å². The molecule has 23 heavy (non-hydrogen) atoms. The number of rotatable bonds is 8. The van der Waals surface area contributed by atoms with Gasteiger partial charge in [-0.2, -0.15) is 0 Å². The van der Waals surface area contributed by atoms with Gasteiger partial charge in [-0.3, -0.25) is 9.69 Å². The summed E-state index contributed by atoms with van der Waals surface area (Å²) in [5, 5.41) is 11.6. The maximum absolute atomic E-state index is 11.2. The molecule has 1 aliphatic rings. The molecule has 3 rings (SSSR count). The molecule has 2 aromatic rings. The van der Waals surface area contributed by atoms with E-state index in [1.54, 1.807) is 6.92 Å². The van der Waals surface area contributed by atoms with Crippen LogP contribution in [0.2, 0.25) is 0 Å². The summed E-state index contributed by atoms with van der Waals surface area (Å²) in [6.07, 6.45) is 3.06. The van der Waals surface area contributed by atoms with Crippen LogP contribution in [-0.2, 0) is 4.79 Å². The van der Waals surface area contributed by atoms with Crippen LogP contribution in [-0.4, -0.2) is 41.2 Å². The van der Waals surface area contributed by atoms with E-state index < -0.39 is 12.0 Å². The number of aliphatic carboxylic acids is 1. The van der Waals surface area contributed by atoms with E-state index in [-0.39, 0.29) is 0 Å². The molecule has 1 fully saturated rings. The lowest BCUT2D eigenvalue weighted by atomic mass is 10.1. The predicted octanol–water partition coefficient (Wildman–Crippen LogP) is 3.55. The molecule has 4 nitrogen and oxygen atoms in total. The first-order valence-electron chi connectivity index (χ1n) is 8.25. The van der Waals surface area contributed by atoms with Gasteiger partial charge >= 0.3 is 5.97 Å². The zero-order chi connectivity index (χ0) is 16.2. The van der Waals surface area contributed by atoms with Crippen molar-refractivity contribution in [2.24, 2.45) is 0 Å². The zero-order valence-electron chi connectivity index (χ0n) is 13.4. The third-order valence-corrected chi connectivity index (χ3v) is 4.42. The molecule has 0 heterocycles. The predicted molar refractivity (Wildman–Crippen MR) is 90.9 cm³/mol. The van der Waals surface area contributed by atoms with E-state index in [1.807, 2.05) is 24.3 Å². The topological polar surface area (TPSA) is 49.8 Å². The van der Waals surface area contributed by atoms with Gasteiger partial charge in [-0.1, -0.05) is 30.3 Å². The van der Waals surface area contributed by atoms with E-state index in [0.717, 1.165) is 31.6 Å². The number of carboxylic acid groups (broad SMARTS) is 1. The lowest BCUT2D eigenvalue weighted by molar-refractivity contribution is -0.142. The minimum absolute atomic E-state index is 0.414. The molecule has 1 N–H and O–H groups in total. The van der Waals surface area contributed by atoms with Gasteiger partial charge in [0.15, 0.2) is 0 Å². The Morgan fingerprint density at radius 2 is 2.00 bits per heavy atom. The van der Waals surface area contributed by atoms with Crippen molar-refractivity contribution in [3.05, 3.63) is 42.5 Å². The van der Waals surface area contributed by atoms with E-state index >= 15 is 0 Å². The Hall–Kier alpha value is -2.07. The Labute approximate surface area is 136 Å². The van der Waals surface area contributed by atoms with Crippen molar-refractivity contribution in [3.8, 4) is 5.75 Å². The molecule has 0 aromatic heterocycles. The Balaban J connectivity index is 1.50. The second-order valence-corrected chi connectivity index (χ2v) is 6.19. The number of carboxylic acids is 1. The lowest BCUT2D eigenvalue weighted by Gasteiger charge is -2.26. The Kier molecular flexibility index (Phi) is 4.82. The van der Waals surface area contributed by atoms with Gasteiger partial charge in [0.1, 0.15) is 11.8 Å². The fourth-order valence-corrected chi connectivity index (χ4v) is 2.93. The summed E-state index contributed by atoms with van der Waals surface area (Å²) in [6, 6.07) is 14.3. The highest BCUT2D eigenvalue weighted by Crippen LogP contribution is 2.29. The van der Waals surface area contributed by atoms with Gasteiger partial charge in [-0.15, -0.1) is 0 Å². The molecular formula is C19H23NO3. The number of benzene rings is 2. The van der Waals surface area contributed by atoms with Gasteiger partial charge in [0.2, 0.25) is 0 Å². The van der Waals surface area contributed by atoms with Crippen molar-refractivity contribution < 1.29 is 14.6 Å². The third kappa shape index (κ3) is 4.02. The molecular weight excluding hydrogens is 290 g/mol. The molecule has 1 atom stereocenters.